The molecule has 0 saturated heterocycles. The van der Waals surface area contributed by atoms with Crippen molar-refractivity contribution in [3.05, 3.63) is 0 Å². The number of hydrogen-bond acceptors (Lipinski definition) is 0. The zero-order valence-corrected chi connectivity index (χ0v) is 5.05. The molecule has 0 nitrogen and oxygen atoms in total. The van der Waals surface area contributed by atoms with Gasteiger partial charge in [-0.3, -0.25) is 4.39 Å². The molecule has 0 N–H and O–H groups in total. The van der Waals surface area contributed by atoms with Gasteiger partial charge in [-0.15, -0.1) is 0 Å². The number of halogens is 1. The van der Waals surface area contributed by atoms with Crippen LogP contribution in [0.4, 0.5) is 4.39 Å². The third-order valence-corrected chi connectivity index (χ3v) is 0. The molecule has 0 atom stereocenters. The van der Waals surface area contributed by atoms with E-state index in [0.717, 1.165) is 0 Å². The zero-order chi connectivity index (χ0) is 2.00. The van der Waals surface area contributed by atoms with Gasteiger partial charge in [0.2, 0.25) is 0 Å². The molecule has 0 aliphatic heterocycles. The second kappa shape index (κ2) is 33.0. The van der Waals surface area contributed by atoms with Gasteiger partial charge in [0.05, 0.1) is 7.18 Å². The molecule has 3 heteroatoms. The quantitative estimate of drug-likeness (QED) is 0.383. The Bertz CT molecular complexity index is 8.00. The van der Waals surface area contributed by atoms with Crippen molar-refractivity contribution in [2.45, 2.75) is 0 Å². The van der Waals surface area contributed by atoms with Gasteiger partial charge < -0.3 is 0 Å². The average molecular weight is 129 g/mol. The summed E-state index contributed by atoms with van der Waals surface area (Å²) in [6.07, 6.45) is 0. The number of alkyl halides is 1. The van der Waals surface area contributed by atoms with E-state index in [0.29, 0.717) is 7.18 Å². The molecule has 0 spiro atoms. The molecule has 0 aliphatic carbocycles. The van der Waals surface area contributed by atoms with Gasteiger partial charge in [0.25, 0.3) is 0 Å². The molecule has 0 rings (SSSR count). The maximum atomic E-state index is 9.50. The van der Waals surface area contributed by atoms with E-state index in [1.165, 1.54) is 0 Å². The van der Waals surface area contributed by atoms with Crippen molar-refractivity contribution < 1.29 is 23.9 Å². The van der Waals surface area contributed by atoms with Gasteiger partial charge in [-0.1, -0.05) is 0 Å². The minimum Gasteiger partial charge on any atom is -0.255 e. The van der Waals surface area contributed by atoms with Crippen LogP contribution in [0.5, 0.6) is 0 Å². The minimum absolute atomic E-state index is 0. The third kappa shape index (κ3) is 11.4. The van der Waals surface area contributed by atoms with E-state index in [9.17, 15) is 4.39 Å². The molecule has 0 aromatic heterocycles. The summed E-state index contributed by atoms with van der Waals surface area (Å²) in [6, 6.07) is 0. The monoisotopic (exact) mass is 128 g/mol. The average Bonchev–Trinajstić information content (AvgIpc) is 1.00. The van der Waals surface area contributed by atoms with Gasteiger partial charge in [-0.05, 0) is 0 Å². The Labute approximate surface area is 48.7 Å². The van der Waals surface area contributed by atoms with Gasteiger partial charge in [0, 0.05) is 19.5 Å². The van der Waals surface area contributed by atoms with Crippen molar-refractivity contribution >= 4 is 17.4 Å². The van der Waals surface area contributed by atoms with Crippen molar-refractivity contribution in [2.24, 2.45) is 0 Å². The van der Waals surface area contributed by atoms with Crippen LogP contribution >= 0.6 is 0 Å². The SMILES string of the molecule is CF.[AlH3].[Zn]. The first-order valence-electron chi connectivity index (χ1n) is 0.378. The fourth-order valence-electron chi connectivity index (χ4n) is 0. The summed E-state index contributed by atoms with van der Waals surface area (Å²) in [4.78, 5) is 0. The van der Waals surface area contributed by atoms with Crippen LogP contribution in [0.2, 0.25) is 0 Å². The smallest absolute Gasteiger partial charge is 0.187 e. The normalized spacial score (nSPS) is 1.50. The molecule has 0 saturated carbocycles. The van der Waals surface area contributed by atoms with Crippen LogP contribution in [0.1, 0.15) is 0 Å². The van der Waals surface area contributed by atoms with Crippen LogP contribution in [0.3, 0.4) is 0 Å². The first-order valence-corrected chi connectivity index (χ1v) is 0.378. The molecule has 0 aromatic rings. The first kappa shape index (κ1) is 19.5. The van der Waals surface area contributed by atoms with Crippen molar-refractivity contribution in [1.82, 2.24) is 0 Å². The van der Waals surface area contributed by atoms with Gasteiger partial charge in [0.1, 0.15) is 0 Å². The van der Waals surface area contributed by atoms with Gasteiger partial charge in [-0.25, -0.2) is 0 Å². The van der Waals surface area contributed by atoms with E-state index in [1.807, 2.05) is 0 Å². The molecule has 0 bridgehead atoms. The van der Waals surface area contributed by atoms with Gasteiger partial charge >= 0.3 is 0 Å². The van der Waals surface area contributed by atoms with Crippen molar-refractivity contribution in [3.63, 3.8) is 0 Å². The van der Waals surface area contributed by atoms with E-state index in [1.54, 1.807) is 0 Å². The van der Waals surface area contributed by atoms with Crippen molar-refractivity contribution in [3.8, 4) is 0 Å². The van der Waals surface area contributed by atoms with E-state index in [-0.39, 0.29) is 36.8 Å². The molecule has 22 valence electrons. The second-order valence-corrected chi connectivity index (χ2v) is 0. The Balaban J connectivity index is -0.00000000500. The molecule has 4 heavy (non-hydrogen) atoms. The topological polar surface area (TPSA) is 0 Å². The van der Waals surface area contributed by atoms with E-state index >= 15 is 0 Å². The van der Waals surface area contributed by atoms with E-state index in [2.05, 4.69) is 0 Å². The summed E-state index contributed by atoms with van der Waals surface area (Å²) in [6.45, 7) is 0. The third-order valence-electron chi connectivity index (χ3n) is 0. The standard InChI is InChI=1S/CH3F.Al.Zn.3H/c1-2;;;;;/h1H3;;;;;. The molecular weight excluding hydrogens is 123 g/mol. The summed E-state index contributed by atoms with van der Waals surface area (Å²) in [7, 11) is 0.500. The van der Waals surface area contributed by atoms with Crippen LogP contribution in [0.15, 0.2) is 0 Å². The summed E-state index contributed by atoms with van der Waals surface area (Å²) < 4.78 is 9.50. The predicted octanol–water partition coefficient (Wildman–Crippen LogP) is -0.601. The van der Waals surface area contributed by atoms with Crippen LogP contribution in [-0.4, -0.2) is 24.5 Å². The maximum absolute atomic E-state index is 9.50. The molecule has 0 fully saturated rings. The molecule has 0 heterocycles. The van der Waals surface area contributed by atoms with Crippen LogP contribution in [0.25, 0.3) is 0 Å². The molecular formula is CH6AlFZn. The second-order valence-electron chi connectivity index (χ2n) is 0. The first-order chi connectivity index (χ1) is 1.00. The molecule has 0 amide bonds. The minimum atomic E-state index is 0. The van der Waals surface area contributed by atoms with Crippen LogP contribution in [0, 0.1) is 0 Å². The van der Waals surface area contributed by atoms with E-state index in [4.69, 9.17) is 0 Å². The van der Waals surface area contributed by atoms with E-state index < -0.39 is 0 Å². The van der Waals surface area contributed by atoms with Crippen LogP contribution < -0.4 is 0 Å². The largest absolute Gasteiger partial charge is 0.255 e. The van der Waals surface area contributed by atoms with Gasteiger partial charge in [0.15, 0.2) is 17.4 Å². The summed E-state index contributed by atoms with van der Waals surface area (Å²) >= 11 is 0. The summed E-state index contributed by atoms with van der Waals surface area (Å²) in [5.74, 6) is 0. The van der Waals surface area contributed by atoms with Crippen molar-refractivity contribution in [1.29, 1.82) is 0 Å². The zero-order valence-electron chi connectivity index (χ0n) is 2.09. The Kier molecular flexibility index (Phi) is 161. The number of hydrogen-bond donors (Lipinski definition) is 0. The van der Waals surface area contributed by atoms with Gasteiger partial charge in [-0.2, -0.15) is 0 Å². The van der Waals surface area contributed by atoms with Crippen molar-refractivity contribution in [2.75, 3.05) is 7.18 Å². The fourth-order valence-corrected chi connectivity index (χ4v) is 0. The molecule has 0 aliphatic rings. The Morgan fingerprint density at radius 3 is 1.25 bits per heavy atom. The molecule has 0 radical (unpaired) electrons. The summed E-state index contributed by atoms with van der Waals surface area (Å²) in [5, 5.41) is 0. The fraction of sp³-hybridized carbons (Fsp3) is 1.00. The molecule has 0 unspecified atom stereocenters. The van der Waals surface area contributed by atoms with Crippen LogP contribution in [-0.2, 0) is 19.5 Å². The molecule has 0 aromatic carbocycles. The number of rotatable bonds is 0. The Morgan fingerprint density at radius 2 is 1.25 bits per heavy atom. The summed E-state index contributed by atoms with van der Waals surface area (Å²) in [5.41, 5.74) is 0. The Morgan fingerprint density at radius 1 is 1.25 bits per heavy atom. The predicted molar refractivity (Wildman–Crippen MR) is 17.0 cm³/mol. The maximum Gasteiger partial charge on any atom is 0.187 e. The Hall–Kier alpha value is 1.09.